The first kappa shape index (κ1) is 9.27. The van der Waals surface area contributed by atoms with Crippen LogP contribution in [0.15, 0.2) is 0 Å². The van der Waals surface area contributed by atoms with Gasteiger partial charge in [-0.2, -0.15) is 0 Å². The lowest BCUT2D eigenvalue weighted by molar-refractivity contribution is 0.469. The first-order valence-corrected chi connectivity index (χ1v) is 5.84. The van der Waals surface area contributed by atoms with Crippen molar-refractivity contribution in [1.29, 1.82) is 0 Å². The molecule has 1 aromatic heterocycles. The van der Waals surface area contributed by atoms with Crippen LogP contribution in [0.5, 0.6) is 0 Å². The Morgan fingerprint density at radius 1 is 1.40 bits per heavy atom. The predicted octanol–water partition coefficient (Wildman–Crippen LogP) is 0.896. The summed E-state index contributed by atoms with van der Waals surface area (Å²) in [5.74, 6) is 1.88. The molecule has 1 unspecified atom stereocenters. The van der Waals surface area contributed by atoms with E-state index in [9.17, 15) is 0 Å². The van der Waals surface area contributed by atoms with Crippen LogP contribution in [0.3, 0.4) is 0 Å². The number of hydrogen-bond donors (Lipinski definition) is 1. The van der Waals surface area contributed by atoms with Crippen molar-refractivity contribution in [1.82, 2.24) is 25.5 Å². The second kappa shape index (κ2) is 3.56. The molecule has 0 saturated heterocycles. The maximum atomic E-state index is 4.07. The van der Waals surface area contributed by atoms with Crippen molar-refractivity contribution >= 4 is 0 Å². The van der Waals surface area contributed by atoms with Crippen LogP contribution in [0.1, 0.15) is 44.5 Å². The summed E-state index contributed by atoms with van der Waals surface area (Å²) in [7, 11) is 0. The average molecular weight is 207 g/mol. The third kappa shape index (κ3) is 2.02. The first-order valence-electron chi connectivity index (χ1n) is 5.84. The molecule has 5 heteroatoms. The van der Waals surface area contributed by atoms with Crippen LogP contribution < -0.4 is 5.32 Å². The fraction of sp³-hybridized carbons (Fsp3) is 0.900. The molecule has 0 spiro atoms. The highest BCUT2D eigenvalue weighted by Crippen LogP contribution is 2.35. The molecule has 0 amide bonds. The molecule has 5 nitrogen and oxygen atoms in total. The Kier molecular flexibility index (Phi) is 2.20. The Hall–Kier alpha value is -0.970. The number of nitrogens with one attached hydrogen (secondary N) is 1. The number of rotatable bonds is 5. The molecule has 2 aliphatic rings. The van der Waals surface area contributed by atoms with Gasteiger partial charge in [0, 0.05) is 6.04 Å². The molecule has 0 radical (unpaired) electrons. The zero-order chi connectivity index (χ0) is 10.3. The van der Waals surface area contributed by atoms with Gasteiger partial charge in [-0.25, -0.2) is 4.68 Å². The van der Waals surface area contributed by atoms with E-state index in [4.69, 9.17) is 0 Å². The van der Waals surface area contributed by atoms with Crippen molar-refractivity contribution < 1.29 is 0 Å². The van der Waals surface area contributed by atoms with Crippen LogP contribution in [0.2, 0.25) is 0 Å². The minimum atomic E-state index is 0.577. The lowest BCUT2D eigenvalue weighted by atomic mass is 10.2. The lowest BCUT2D eigenvalue weighted by Gasteiger charge is -2.11. The second-order valence-electron chi connectivity index (χ2n) is 4.78. The minimum absolute atomic E-state index is 0.577. The molecular formula is C10H17N5. The van der Waals surface area contributed by atoms with Crippen molar-refractivity contribution in [2.75, 3.05) is 0 Å². The molecule has 2 saturated carbocycles. The normalized spacial score (nSPS) is 23.0. The zero-order valence-electron chi connectivity index (χ0n) is 9.06. The van der Waals surface area contributed by atoms with E-state index in [0.29, 0.717) is 12.1 Å². The van der Waals surface area contributed by atoms with Crippen molar-refractivity contribution in [3.05, 3.63) is 5.82 Å². The van der Waals surface area contributed by atoms with E-state index in [2.05, 4.69) is 27.8 Å². The molecule has 82 valence electrons. The molecule has 0 aromatic carbocycles. The van der Waals surface area contributed by atoms with E-state index < -0.39 is 0 Å². The molecule has 2 aliphatic carbocycles. The van der Waals surface area contributed by atoms with Crippen LogP contribution in [0.4, 0.5) is 0 Å². The molecule has 1 heterocycles. The van der Waals surface area contributed by atoms with Gasteiger partial charge in [0.2, 0.25) is 0 Å². The van der Waals surface area contributed by atoms with Gasteiger partial charge in [-0.1, -0.05) is 0 Å². The summed E-state index contributed by atoms with van der Waals surface area (Å²) in [5, 5.41) is 15.4. The SMILES string of the molecule is CC(NCc1nnnn1C1CC1)C1CC1. The molecule has 3 rings (SSSR count). The van der Waals surface area contributed by atoms with Crippen LogP contribution in [-0.2, 0) is 6.54 Å². The highest BCUT2D eigenvalue weighted by molar-refractivity contribution is 4.91. The van der Waals surface area contributed by atoms with Gasteiger partial charge in [0.25, 0.3) is 0 Å². The van der Waals surface area contributed by atoms with E-state index in [-0.39, 0.29) is 0 Å². The lowest BCUT2D eigenvalue weighted by Crippen LogP contribution is -2.28. The molecule has 15 heavy (non-hydrogen) atoms. The topological polar surface area (TPSA) is 55.6 Å². The fourth-order valence-electron chi connectivity index (χ4n) is 1.95. The van der Waals surface area contributed by atoms with Crippen LogP contribution in [0.25, 0.3) is 0 Å². The van der Waals surface area contributed by atoms with Gasteiger partial charge >= 0.3 is 0 Å². The predicted molar refractivity (Wildman–Crippen MR) is 55.1 cm³/mol. The average Bonchev–Trinajstić information content (AvgIpc) is 3.12. The van der Waals surface area contributed by atoms with E-state index in [1.54, 1.807) is 0 Å². The van der Waals surface area contributed by atoms with Crippen molar-refractivity contribution in [3.63, 3.8) is 0 Å². The number of tetrazole rings is 1. The molecule has 2 fully saturated rings. The van der Waals surface area contributed by atoms with Crippen LogP contribution >= 0.6 is 0 Å². The Bertz CT molecular complexity index is 339. The summed E-state index contributed by atoms with van der Waals surface area (Å²) < 4.78 is 1.98. The second-order valence-corrected chi connectivity index (χ2v) is 4.78. The first-order chi connectivity index (χ1) is 7.34. The zero-order valence-corrected chi connectivity index (χ0v) is 9.06. The largest absolute Gasteiger partial charge is 0.307 e. The molecule has 0 bridgehead atoms. The molecule has 1 atom stereocenters. The Labute approximate surface area is 89.2 Å². The van der Waals surface area contributed by atoms with Gasteiger partial charge in [-0.05, 0) is 49.0 Å². The molecule has 1 N–H and O–H groups in total. The van der Waals surface area contributed by atoms with Gasteiger partial charge in [-0.3, -0.25) is 0 Å². The molecular weight excluding hydrogens is 190 g/mol. The van der Waals surface area contributed by atoms with E-state index in [1.165, 1.54) is 25.7 Å². The van der Waals surface area contributed by atoms with Crippen molar-refractivity contribution in [3.8, 4) is 0 Å². The number of nitrogens with zero attached hydrogens (tertiary/aromatic N) is 4. The smallest absolute Gasteiger partial charge is 0.165 e. The van der Waals surface area contributed by atoms with Gasteiger partial charge in [0.1, 0.15) is 0 Å². The summed E-state index contributed by atoms with van der Waals surface area (Å²) in [4.78, 5) is 0. The van der Waals surface area contributed by atoms with Crippen LogP contribution in [0, 0.1) is 5.92 Å². The maximum Gasteiger partial charge on any atom is 0.165 e. The number of hydrogen-bond acceptors (Lipinski definition) is 4. The van der Waals surface area contributed by atoms with Gasteiger partial charge in [0.15, 0.2) is 5.82 Å². The molecule has 1 aromatic rings. The van der Waals surface area contributed by atoms with Gasteiger partial charge in [0.05, 0.1) is 12.6 Å². The third-order valence-corrected chi connectivity index (χ3v) is 3.36. The van der Waals surface area contributed by atoms with E-state index in [1.807, 2.05) is 4.68 Å². The summed E-state index contributed by atoms with van der Waals surface area (Å²) >= 11 is 0. The standard InChI is InChI=1S/C10H17N5/c1-7(8-2-3-8)11-6-10-12-13-14-15(10)9-4-5-9/h7-9,11H,2-6H2,1H3. The Morgan fingerprint density at radius 2 is 2.20 bits per heavy atom. The van der Waals surface area contributed by atoms with Crippen molar-refractivity contribution in [2.24, 2.45) is 5.92 Å². The fourth-order valence-corrected chi connectivity index (χ4v) is 1.95. The van der Waals surface area contributed by atoms with Gasteiger partial charge in [-0.15, -0.1) is 5.10 Å². The highest BCUT2D eigenvalue weighted by Gasteiger charge is 2.30. The van der Waals surface area contributed by atoms with E-state index in [0.717, 1.165) is 18.3 Å². The quantitative estimate of drug-likeness (QED) is 0.779. The summed E-state index contributed by atoms with van der Waals surface area (Å²) in [6, 6.07) is 1.18. The monoisotopic (exact) mass is 207 g/mol. The minimum Gasteiger partial charge on any atom is -0.307 e. The number of aromatic nitrogens is 4. The van der Waals surface area contributed by atoms with Gasteiger partial charge < -0.3 is 5.32 Å². The Balaban J connectivity index is 1.58. The highest BCUT2D eigenvalue weighted by atomic mass is 15.6. The summed E-state index contributed by atoms with van der Waals surface area (Å²) in [6.45, 7) is 3.06. The van der Waals surface area contributed by atoms with Crippen molar-refractivity contribution in [2.45, 2.75) is 51.2 Å². The van der Waals surface area contributed by atoms with E-state index >= 15 is 0 Å². The third-order valence-electron chi connectivity index (χ3n) is 3.36. The molecule has 0 aliphatic heterocycles. The summed E-state index contributed by atoms with van der Waals surface area (Å²) in [5.41, 5.74) is 0. The maximum absolute atomic E-state index is 4.07. The Morgan fingerprint density at radius 3 is 2.87 bits per heavy atom. The summed E-state index contributed by atoms with van der Waals surface area (Å²) in [6.07, 6.45) is 5.22. The van der Waals surface area contributed by atoms with Crippen LogP contribution in [-0.4, -0.2) is 26.2 Å².